The zero-order valence-electron chi connectivity index (χ0n) is 15.6. The van der Waals surface area contributed by atoms with Crippen molar-refractivity contribution in [2.45, 2.75) is 42.7 Å². The molecule has 7 nitrogen and oxygen atoms in total. The average molecular weight is 424 g/mol. The Morgan fingerprint density at radius 3 is 2.75 bits per heavy atom. The third kappa shape index (κ3) is 4.36. The van der Waals surface area contributed by atoms with Crippen molar-refractivity contribution in [2.75, 3.05) is 35.7 Å². The molecule has 0 aliphatic carbocycles. The maximum absolute atomic E-state index is 12.8. The van der Waals surface area contributed by atoms with Gasteiger partial charge < -0.3 is 10.6 Å². The van der Waals surface area contributed by atoms with Crippen LogP contribution in [-0.4, -0.2) is 67.6 Å². The molecule has 28 heavy (non-hydrogen) atoms. The molecule has 2 N–H and O–H groups in total. The topological polar surface area (TPSA) is 95.6 Å². The molecule has 2 atom stereocenters. The average Bonchev–Trinajstić information content (AvgIpc) is 2.84. The van der Waals surface area contributed by atoms with Gasteiger partial charge in [-0.3, -0.25) is 14.5 Å². The summed E-state index contributed by atoms with van der Waals surface area (Å²) in [6.07, 6.45) is 3.75. The number of hydrogen-bond donors (Lipinski definition) is 2. The van der Waals surface area contributed by atoms with Crippen molar-refractivity contribution in [1.82, 2.24) is 10.2 Å². The van der Waals surface area contributed by atoms with Gasteiger partial charge in [-0.2, -0.15) is 0 Å². The predicted molar refractivity (Wildman–Crippen MR) is 110 cm³/mol. The summed E-state index contributed by atoms with van der Waals surface area (Å²) in [7, 11) is -3.16. The first-order valence-electron chi connectivity index (χ1n) is 9.73. The van der Waals surface area contributed by atoms with E-state index in [9.17, 15) is 18.0 Å². The number of fused-ring (bicyclic) bond motifs is 1. The molecule has 1 aromatic carbocycles. The van der Waals surface area contributed by atoms with Crippen molar-refractivity contribution in [2.24, 2.45) is 0 Å². The van der Waals surface area contributed by atoms with E-state index in [2.05, 4.69) is 15.5 Å². The van der Waals surface area contributed by atoms with Gasteiger partial charge >= 0.3 is 0 Å². The number of nitrogens with one attached hydrogen (secondary N) is 2. The highest BCUT2D eigenvalue weighted by Crippen LogP contribution is 2.31. The van der Waals surface area contributed by atoms with Crippen molar-refractivity contribution >= 4 is 39.1 Å². The summed E-state index contributed by atoms with van der Waals surface area (Å²) >= 11 is 1.58. The van der Waals surface area contributed by atoms with Gasteiger partial charge in [0.05, 0.1) is 23.2 Å². The second-order valence-corrected chi connectivity index (χ2v) is 11.0. The van der Waals surface area contributed by atoms with Crippen LogP contribution in [0.1, 0.15) is 36.0 Å². The number of nitrogens with zero attached hydrogens (tertiary/aromatic N) is 1. The van der Waals surface area contributed by atoms with Crippen LogP contribution in [0.25, 0.3) is 0 Å². The highest BCUT2D eigenvalue weighted by Gasteiger charge is 2.42. The largest absolute Gasteiger partial charge is 0.347 e. The fourth-order valence-corrected chi connectivity index (χ4v) is 7.08. The highest BCUT2D eigenvalue weighted by molar-refractivity contribution is 7.99. The third-order valence-corrected chi connectivity index (χ3v) is 8.39. The maximum Gasteiger partial charge on any atom is 0.251 e. The van der Waals surface area contributed by atoms with Crippen molar-refractivity contribution in [1.29, 1.82) is 0 Å². The molecular weight excluding hydrogens is 398 g/mol. The van der Waals surface area contributed by atoms with Gasteiger partial charge in [0.2, 0.25) is 5.91 Å². The first-order valence-corrected chi connectivity index (χ1v) is 12.5. The van der Waals surface area contributed by atoms with Gasteiger partial charge in [-0.25, -0.2) is 8.42 Å². The van der Waals surface area contributed by atoms with Crippen LogP contribution >= 0.6 is 11.8 Å². The molecule has 4 rings (SSSR count). The highest BCUT2D eigenvalue weighted by atomic mass is 32.2. The zero-order valence-corrected chi connectivity index (χ0v) is 17.3. The minimum atomic E-state index is -3.16. The van der Waals surface area contributed by atoms with Gasteiger partial charge in [0, 0.05) is 28.7 Å². The normalized spacial score (nSPS) is 27.5. The number of carbonyl (C=O) groups excluding carboxylic acids is 2. The van der Waals surface area contributed by atoms with E-state index in [1.807, 2.05) is 6.07 Å². The number of anilines is 1. The quantitative estimate of drug-likeness (QED) is 0.765. The third-order valence-electron chi connectivity index (χ3n) is 5.60. The minimum Gasteiger partial charge on any atom is -0.347 e. The fourth-order valence-electron chi connectivity index (χ4n) is 4.19. The van der Waals surface area contributed by atoms with Crippen LogP contribution in [-0.2, 0) is 14.6 Å². The van der Waals surface area contributed by atoms with Gasteiger partial charge in [0.25, 0.3) is 5.91 Å². The van der Waals surface area contributed by atoms with Crippen molar-refractivity contribution in [3.8, 4) is 0 Å². The maximum atomic E-state index is 12.8. The number of carbonyl (C=O) groups is 2. The summed E-state index contributed by atoms with van der Waals surface area (Å²) in [5, 5.41) is 5.79. The Bertz CT molecular complexity index is 881. The Morgan fingerprint density at radius 2 is 1.96 bits per heavy atom. The first-order chi connectivity index (χ1) is 13.4. The van der Waals surface area contributed by atoms with Crippen LogP contribution in [0, 0.1) is 0 Å². The molecule has 3 aliphatic rings. The molecule has 9 heteroatoms. The van der Waals surface area contributed by atoms with Gasteiger partial charge in [-0.1, -0.05) is 6.42 Å². The molecule has 2 unspecified atom stereocenters. The van der Waals surface area contributed by atoms with Crippen LogP contribution in [0.15, 0.2) is 23.1 Å². The predicted octanol–water partition coefficient (Wildman–Crippen LogP) is 1.50. The molecule has 0 radical (unpaired) electrons. The van der Waals surface area contributed by atoms with E-state index in [0.717, 1.165) is 30.8 Å². The molecule has 3 aliphatic heterocycles. The minimum absolute atomic E-state index is 0.0164. The summed E-state index contributed by atoms with van der Waals surface area (Å²) < 4.78 is 24.5. The van der Waals surface area contributed by atoms with E-state index in [1.54, 1.807) is 23.9 Å². The molecule has 0 aromatic heterocycles. The zero-order chi connectivity index (χ0) is 19.7. The molecule has 3 heterocycles. The second kappa shape index (κ2) is 8.04. The Morgan fingerprint density at radius 1 is 1.18 bits per heavy atom. The summed E-state index contributed by atoms with van der Waals surface area (Å²) in [6.45, 7) is 1.77. The lowest BCUT2D eigenvalue weighted by atomic mass is 10.0. The Balaban J connectivity index is 1.51. The Kier molecular flexibility index (Phi) is 5.66. The van der Waals surface area contributed by atoms with E-state index in [0.29, 0.717) is 23.4 Å². The van der Waals surface area contributed by atoms with Crippen LogP contribution in [0.5, 0.6) is 0 Å². The van der Waals surface area contributed by atoms with Gasteiger partial charge in [0.1, 0.15) is 0 Å². The number of sulfone groups is 1. The number of likely N-dealkylation sites (tertiary alicyclic amines) is 1. The summed E-state index contributed by atoms with van der Waals surface area (Å²) in [5.41, 5.74) is 1.08. The molecule has 2 fully saturated rings. The summed E-state index contributed by atoms with van der Waals surface area (Å²) in [5.74, 6) is 0.444. The van der Waals surface area contributed by atoms with E-state index in [1.165, 1.54) is 6.42 Å². The molecule has 1 aromatic rings. The fraction of sp³-hybridized carbons (Fsp3) is 0.579. The summed E-state index contributed by atoms with van der Waals surface area (Å²) in [6, 6.07) is 4.69. The Hall–Kier alpha value is -1.58. The van der Waals surface area contributed by atoms with E-state index < -0.39 is 15.9 Å². The lowest BCUT2D eigenvalue weighted by Gasteiger charge is -2.35. The second-order valence-electron chi connectivity index (χ2n) is 7.68. The molecular formula is C19H25N3O4S2. The van der Waals surface area contributed by atoms with E-state index >= 15 is 0 Å². The molecule has 0 spiro atoms. The number of rotatable bonds is 3. The molecule has 0 saturated carbocycles. The van der Waals surface area contributed by atoms with Crippen molar-refractivity contribution in [3.63, 3.8) is 0 Å². The van der Waals surface area contributed by atoms with Gasteiger partial charge in [-0.15, -0.1) is 11.8 Å². The van der Waals surface area contributed by atoms with Crippen molar-refractivity contribution in [3.05, 3.63) is 23.8 Å². The monoisotopic (exact) mass is 423 g/mol. The van der Waals surface area contributed by atoms with Crippen LogP contribution < -0.4 is 10.6 Å². The Labute approximate surface area is 169 Å². The lowest BCUT2D eigenvalue weighted by molar-refractivity contribution is -0.115. The number of amides is 2. The SMILES string of the molecule is O=C1CCSc2ccc(C(=O)NC3CS(=O)(=O)CC3N3CCCCC3)cc2N1. The number of piperidine rings is 1. The molecule has 152 valence electrons. The number of hydrogen-bond acceptors (Lipinski definition) is 6. The molecule has 2 saturated heterocycles. The van der Waals surface area contributed by atoms with E-state index in [4.69, 9.17) is 0 Å². The van der Waals surface area contributed by atoms with Gasteiger partial charge in [0.15, 0.2) is 9.84 Å². The standard InChI is InChI=1S/C19H25N3O4S2/c23-18-6-9-27-17-5-4-13(10-14(17)20-18)19(24)21-15-11-28(25,26)12-16(15)22-7-2-1-3-8-22/h4-5,10,15-16H,1-3,6-9,11-12H2,(H,20,23)(H,21,24). The number of benzene rings is 1. The van der Waals surface area contributed by atoms with Crippen LogP contribution in [0.4, 0.5) is 5.69 Å². The first kappa shape index (κ1) is 19.7. The molecule has 0 bridgehead atoms. The van der Waals surface area contributed by atoms with Gasteiger partial charge in [-0.05, 0) is 44.1 Å². The summed E-state index contributed by atoms with van der Waals surface area (Å²) in [4.78, 5) is 27.8. The van der Waals surface area contributed by atoms with E-state index in [-0.39, 0.29) is 29.4 Å². The lowest BCUT2D eigenvalue weighted by Crippen LogP contribution is -2.52. The number of thioether (sulfide) groups is 1. The smallest absolute Gasteiger partial charge is 0.251 e. The van der Waals surface area contributed by atoms with Crippen molar-refractivity contribution < 1.29 is 18.0 Å². The van der Waals surface area contributed by atoms with Crippen LogP contribution in [0.2, 0.25) is 0 Å². The molecule has 2 amide bonds. The van der Waals surface area contributed by atoms with Crippen LogP contribution in [0.3, 0.4) is 0 Å².